The molecule has 2 aliphatic carbocycles. The smallest absolute Gasteiger partial charge is 0.167 e. The van der Waals surface area contributed by atoms with Gasteiger partial charge in [-0.1, -0.05) is 40.9 Å². The highest BCUT2D eigenvalue weighted by molar-refractivity contribution is 6.31. The highest BCUT2D eigenvalue weighted by atomic mass is 35.5. The van der Waals surface area contributed by atoms with Crippen molar-refractivity contribution in [2.75, 3.05) is 0 Å². The van der Waals surface area contributed by atoms with Crippen molar-refractivity contribution in [1.29, 1.82) is 0 Å². The zero-order valence-corrected chi connectivity index (χ0v) is 15.3. The third kappa shape index (κ3) is 3.25. The molecule has 1 aromatic carbocycles. The number of aliphatic hydroxyl groups is 2. The number of ketones is 2. The van der Waals surface area contributed by atoms with Crippen LogP contribution in [-0.4, -0.2) is 21.8 Å². The molecule has 0 radical (unpaired) electrons. The fourth-order valence-electron chi connectivity index (χ4n) is 3.49. The molecule has 0 amide bonds. The Kier molecular flexibility index (Phi) is 4.88. The van der Waals surface area contributed by atoms with Crippen LogP contribution in [0.4, 0.5) is 0 Å². The molecule has 0 bridgehead atoms. The molecule has 3 rings (SSSR count). The number of allylic oxidation sites excluding steroid dienone is 6. The fourth-order valence-corrected chi connectivity index (χ4v) is 3.73. The summed E-state index contributed by atoms with van der Waals surface area (Å²) >= 11 is 6.34. The maximum atomic E-state index is 12.7. The molecular formula is C21H19ClO4. The Morgan fingerprint density at radius 1 is 0.885 bits per heavy atom. The van der Waals surface area contributed by atoms with E-state index in [9.17, 15) is 19.8 Å². The summed E-state index contributed by atoms with van der Waals surface area (Å²) in [5, 5.41) is 21.3. The SMILES string of the molecule is CC1=CC(O)=C(C(C2=C(O)C=C(C)CC2=O)c2ccccc2Cl)C(=O)C1. The van der Waals surface area contributed by atoms with E-state index in [1.807, 2.05) is 0 Å². The van der Waals surface area contributed by atoms with E-state index in [-0.39, 0.29) is 47.1 Å². The van der Waals surface area contributed by atoms with E-state index in [1.165, 1.54) is 12.2 Å². The van der Waals surface area contributed by atoms with Gasteiger partial charge >= 0.3 is 0 Å². The second kappa shape index (κ2) is 6.96. The number of Topliss-reactive ketones (excluding diaryl/α,β-unsaturated/α-hetero) is 2. The zero-order chi connectivity index (χ0) is 19.0. The number of carbonyl (C=O) groups excluding carboxylic acids is 2. The average molecular weight is 371 g/mol. The van der Waals surface area contributed by atoms with Crippen molar-refractivity contribution in [2.24, 2.45) is 0 Å². The quantitative estimate of drug-likeness (QED) is 0.794. The van der Waals surface area contributed by atoms with Crippen molar-refractivity contribution in [2.45, 2.75) is 32.6 Å². The summed E-state index contributed by atoms with van der Waals surface area (Å²) in [4.78, 5) is 25.5. The van der Waals surface area contributed by atoms with Crippen LogP contribution >= 0.6 is 11.6 Å². The van der Waals surface area contributed by atoms with Crippen LogP contribution in [0.25, 0.3) is 0 Å². The minimum atomic E-state index is -0.919. The second-order valence-corrected chi connectivity index (χ2v) is 7.14. The molecule has 134 valence electrons. The Hall–Kier alpha value is -2.59. The molecular weight excluding hydrogens is 352 g/mol. The summed E-state index contributed by atoms with van der Waals surface area (Å²) in [5.74, 6) is -1.87. The van der Waals surface area contributed by atoms with Gasteiger partial charge in [-0.2, -0.15) is 0 Å². The van der Waals surface area contributed by atoms with Crippen molar-refractivity contribution < 1.29 is 19.8 Å². The normalized spacial score (nSPS) is 18.5. The van der Waals surface area contributed by atoms with E-state index in [0.717, 1.165) is 11.1 Å². The van der Waals surface area contributed by atoms with Gasteiger partial charge in [0.15, 0.2) is 11.6 Å². The summed E-state index contributed by atoms with van der Waals surface area (Å²) in [6.45, 7) is 3.51. The van der Waals surface area contributed by atoms with E-state index in [0.29, 0.717) is 10.6 Å². The van der Waals surface area contributed by atoms with Gasteiger partial charge in [0.25, 0.3) is 0 Å². The summed E-state index contributed by atoms with van der Waals surface area (Å²) in [5.41, 5.74) is 2.15. The van der Waals surface area contributed by atoms with E-state index < -0.39 is 5.92 Å². The molecule has 0 fully saturated rings. The minimum absolute atomic E-state index is 0.0894. The topological polar surface area (TPSA) is 74.6 Å². The van der Waals surface area contributed by atoms with Crippen molar-refractivity contribution in [1.82, 2.24) is 0 Å². The maximum absolute atomic E-state index is 12.7. The Balaban J connectivity index is 2.31. The molecule has 26 heavy (non-hydrogen) atoms. The van der Waals surface area contributed by atoms with Crippen molar-refractivity contribution >= 4 is 23.2 Å². The van der Waals surface area contributed by atoms with E-state index in [4.69, 9.17) is 11.6 Å². The van der Waals surface area contributed by atoms with Crippen molar-refractivity contribution in [3.63, 3.8) is 0 Å². The first-order valence-electron chi connectivity index (χ1n) is 8.31. The number of hydrogen-bond acceptors (Lipinski definition) is 4. The van der Waals surface area contributed by atoms with Crippen LogP contribution in [0.3, 0.4) is 0 Å². The first-order chi connectivity index (χ1) is 12.3. The first-order valence-corrected chi connectivity index (χ1v) is 8.68. The number of hydrogen-bond donors (Lipinski definition) is 2. The molecule has 5 heteroatoms. The molecule has 0 aliphatic heterocycles. The zero-order valence-electron chi connectivity index (χ0n) is 14.5. The Morgan fingerprint density at radius 2 is 1.35 bits per heavy atom. The van der Waals surface area contributed by atoms with Crippen LogP contribution in [0.2, 0.25) is 5.02 Å². The predicted octanol–water partition coefficient (Wildman–Crippen LogP) is 4.89. The van der Waals surface area contributed by atoms with Gasteiger partial charge in [0, 0.05) is 34.9 Å². The van der Waals surface area contributed by atoms with E-state index in [1.54, 1.807) is 38.1 Å². The third-order valence-corrected chi connectivity index (χ3v) is 4.94. The standard InChI is InChI=1S/C21H19ClO4/c1-11-7-15(23)20(16(24)8-11)19(13-5-3-4-6-14(13)22)21-17(25)9-12(2)10-18(21)26/h3-7,9,19,23,25H,8,10H2,1-2H3. The molecule has 0 aromatic heterocycles. The van der Waals surface area contributed by atoms with Gasteiger partial charge in [0.1, 0.15) is 11.5 Å². The Labute approximate surface area is 156 Å². The van der Waals surface area contributed by atoms with Gasteiger partial charge in [0.05, 0.1) is 0 Å². The highest BCUT2D eigenvalue weighted by Gasteiger charge is 2.37. The fraction of sp³-hybridized carbons (Fsp3) is 0.238. The number of rotatable bonds is 3. The molecule has 0 heterocycles. The highest BCUT2D eigenvalue weighted by Crippen LogP contribution is 2.43. The van der Waals surface area contributed by atoms with Gasteiger partial charge in [0.2, 0.25) is 0 Å². The number of benzene rings is 1. The van der Waals surface area contributed by atoms with Crippen LogP contribution < -0.4 is 0 Å². The molecule has 2 N–H and O–H groups in total. The van der Waals surface area contributed by atoms with Crippen LogP contribution in [0, 0.1) is 0 Å². The molecule has 0 spiro atoms. The summed E-state index contributed by atoms with van der Waals surface area (Å²) < 4.78 is 0. The molecule has 0 atom stereocenters. The maximum Gasteiger partial charge on any atom is 0.167 e. The monoisotopic (exact) mass is 370 g/mol. The van der Waals surface area contributed by atoms with Gasteiger partial charge in [-0.25, -0.2) is 0 Å². The summed E-state index contributed by atoms with van der Waals surface area (Å²) in [7, 11) is 0. The van der Waals surface area contributed by atoms with Gasteiger partial charge in [-0.05, 0) is 37.6 Å². The predicted molar refractivity (Wildman–Crippen MR) is 100 cm³/mol. The molecule has 0 unspecified atom stereocenters. The molecule has 0 saturated heterocycles. The van der Waals surface area contributed by atoms with E-state index >= 15 is 0 Å². The molecule has 0 saturated carbocycles. The summed E-state index contributed by atoms with van der Waals surface area (Å²) in [6.07, 6.45) is 3.34. The third-order valence-electron chi connectivity index (χ3n) is 4.59. The lowest BCUT2D eigenvalue weighted by atomic mass is 9.75. The van der Waals surface area contributed by atoms with Crippen LogP contribution in [0.1, 0.15) is 38.2 Å². The summed E-state index contributed by atoms with van der Waals surface area (Å²) in [6, 6.07) is 6.84. The molecule has 2 aliphatic rings. The van der Waals surface area contributed by atoms with Crippen LogP contribution in [0.5, 0.6) is 0 Å². The average Bonchev–Trinajstić information content (AvgIpc) is 2.52. The van der Waals surface area contributed by atoms with Crippen LogP contribution in [0.15, 0.2) is 70.2 Å². The van der Waals surface area contributed by atoms with Crippen LogP contribution in [-0.2, 0) is 9.59 Å². The Bertz CT molecular complexity index is 877. The number of aliphatic hydroxyl groups excluding tert-OH is 2. The number of halogens is 1. The molecule has 1 aromatic rings. The van der Waals surface area contributed by atoms with Crippen molar-refractivity contribution in [3.8, 4) is 0 Å². The largest absolute Gasteiger partial charge is 0.508 e. The lowest BCUT2D eigenvalue weighted by Crippen LogP contribution is -2.25. The van der Waals surface area contributed by atoms with Gasteiger partial charge < -0.3 is 10.2 Å². The first kappa shape index (κ1) is 18.2. The van der Waals surface area contributed by atoms with Gasteiger partial charge in [-0.15, -0.1) is 0 Å². The minimum Gasteiger partial charge on any atom is -0.508 e. The van der Waals surface area contributed by atoms with E-state index in [2.05, 4.69) is 0 Å². The van der Waals surface area contributed by atoms with Gasteiger partial charge in [-0.3, -0.25) is 9.59 Å². The molecule has 4 nitrogen and oxygen atoms in total. The second-order valence-electron chi connectivity index (χ2n) is 6.73. The number of carbonyl (C=O) groups is 2. The lowest BCUT2D eigenvalue weighted by Gasteiger charge is -2.28. The lowest BCUT2D eigenvalue weighted by molar-refractivity contribution is -0.115. The van der Waals surface area contributed by atoms with Crippen molar-refractivity contribution in [3.05, 3.63) is 80.8 Å². The Morgan fingerprint density at radius 3 is 1.77 bits per heavy atom.